The Balaban J connectivity index is 1.94. The first-order chi connectivity index (χ1) is 12.9. The molecule has 1 aromatic carbocycles. The van der Waals surface area contributed by atoms with Crippen LogP contribution in [0.4, 0.5) is 11.4 Å². The second kappa shape index (κ2) is 6.88. The van der Waals surface area contributed by atoms with E-state index < -0.39 is 8.07 Å². The summed E-state index contributed by atoms with van der Waals surface area (Å²) in [6, 6.07) is 6.75. The van der Waals surface area contributed by atoms with E-state index >= 15 is 0 Å². The topological polar surface area (TPSA) is 41.9 Å². The Bertz CT molecular complexity index is 853. The molecule has 5 heteroatoms. The van der Waals surface area contributed by atoms with Gasteiger partial charge in [-0.05, 0) is 57.9 Å². The van der Waals surface area contributed by atoms with Gasteiger partial charge < -0.3 is 9.64 Å². The third-order valence-corrected chi connectivity index (χ3v) is 12.5. The fraction of sp³-hybridized carbons (Fsp3) is 0.455. The largest absolute Gasteiger partial charge is 0.378 e. The van der Waals surface area contributed by atoms with Gasteiger partial charge >= 0.3 is 0 Å². The number of fused-ring (bicyclic) bond motifs is 2. The number of hydrogen-bond donors (Lipinski definition) is 0. The number of ketones is 1. The lowest BCUT2D eigenvalue weighted by molar-refractivity contribution is -0.110. The highest BCUT2D eigenvalue weighted by Crippen LogP contribution is 2.44. The van der Waals surface area contributed by atoms with Crippen LogP contribution in [0.25, 0.3) is 0 Å². The van der Waals surface area contributed by atoms with Crippen molar-refractivity contribution in [2.45, 2.75) is 38.8 Å². The number of allylic oxidation sites excluding steroid dienone is 4. The maximum Gasteiger partial charge on any atom is 0.178 e. The van der Waals surface area contributed by atoms with Gasteiger partial charge in [0.2, 0.25) is 0 Å². The monoisotopic (exact) mass is 380 g/mol. The number of rotatable bonds is 3. The van der Waals surface area contributed by atoms with E-state index in [0.29, 0.717) is 11.1 Å². The van der Waals surface area contributed by atoms with Gasteiger partial charge in [-0.3, -0.25) is 4.79 Å². The number of benzene rings is 1. The quantitative estimate of drug-likeness (QED) is 0.593. The third kappa shape index (κ3) is 2.84. The lowest BCUT2D eigenvalue weighted by Crippen LogP contribution is -2.59. The van der Waals surface area contributed by atoms with E-state index in [1.54, 1.807) is 6.08 Å². The smallest absolute Gasteiger partial charge is 0.178 e. The number of ether oxygens (including phenoxy) is 1. The molecule has 0 N–H and O–H groups in total. The highest BCUT2D eigenvalue weighted by molar-refractivity contribution is 7.04. The first kappa shape index (κ1) is 18.4. The molecule has 2 heterocycles. The van der Waals surface area contributed by atoms with Crippen LogP contribution >= 0.6 is 0 Å². The molecule has 1 aromatic rings. The number of carbonyl (C=O) groups is 1. The number of anilines is 1. The molecule has 1 fully saturated rings. The molecule has 0 unspecified atom stereocenters. The van der Waals surface area contributed by atoms with Crippen molar-refractivity contribution >= 4 is 36.1 Å². The van der Waals surface area contributed by atoms with Gasteiger partial charge in [0.05, 0.1) is 24.6 Å². The van der Waals surface area contributed by atoms with Crippen molar-refractivity contribution in [2.24, 2.45) is 4.99 Å². The predicted molar refractivity (Wildman–Crippen MR) is 114 cm³/mol. The van der Waals surface area contributed by atoms with Crippen molar-refractivity contribution in [3.05, 3.63) is 41.6 Å². The molecule has 0 amide bonds. The summed E-state index contributed by atoms with van der Waals surface area (Å²) >= 11 is 0. The summed E-state index contributed by atoms with van der Waals surface area (Å²) in [5.74, 6) is 0.0925. The van der Waals surface area contributed by atoms with E-state index in [4.69, 9.17) is 9.73 Å². The maximum atomic E-state index is 12.3. The number of aliphatic imine (C=N–C) groups is 1. The fourth-order valence-corrected chi connectivity index (χ4v) is 11.1. The number of morpholine rings is 1. The summed E-state index contributed by atoms with van der Waals surface area (Å²) < 4.78 is 5.52. The van der Waals surface area contributed by atoms with Crippen molar-refractivity contribution in [1.82, 2.24) is 0 Å². The summed E-state index contributed by atoms with van der Waals surface area (Å²) in [6.45, 7) is 12.7. The minimum atomic E-state index is -2.16. The van der Waals surface area contributed by atoms with Crippen molar-refractivity contribution < 1.29 is 9.53 Å². The van der Waals surface area contributed by atoms with Gasteiger partial charge in [0.15, 0.2) is 5.78 Å². The summed E-state index contributed by atoms with van der Waals surface area (Å²) in [4.78, 5) is 19.6. The van der Waals surface area contributed by atoms with Crippen LogP contribution in [0.5, 0.6) is 0 Å². The van der Waals surface area contributed by atoms with Crippen LogP contribution in [0.2, 0.25) is 11.1 Å². The Kier molecular flexibility index (Phi) is 4.68. The Morgan fingerprint density at radius 3 is 2.44 bits per heavy atom. The van der Waals surface area contributed by atoms with E-state index in [0.717, 1.165) is 37.7 Å². The van der Waals surface area contributed by atoms with Crippen LogP contribution < -0.4 is 10.1 Å². The summed E-state index contributed by atoms with van der Waals surface area (Å²) in [5.41, 5.74) is 4.30. The molecule has 0 bridgehead atoms. The molecule has 3 aliphatic rings. The average molecular weight is 381 g/mol. The zero-order valence-corrected chi connectivity index (χ0v) is 17.7. The van der Waals surface area contributed by atoms with Gasteiger partial charge in [-0.25, -0.2) is 4.99 Å². The molecule has 4 nitrogen and oxygen atoms in total. The van der Waals surface area contributed by atoms with E-state index in [9.17, 15) is 4.79 Å². The molecule has 1 saturated heterocycles. The van der Waals surface area contributed by atoms with E-state index in [2.05, 4.69) is 50.8 Å². The number of hydrogen-bond acceptors (Lipinski definition) is 4. The highest BCUT2D eigenvalue weighted by Gasteiger charge is 2.50. The van der Waals surface area contributed by atoms with Crippen LogP contribution in [0.3, 0.4) is 0 Å². The van der Waals surface area contributed by atoms with Gasteiger partial charge in [0.1, 0.15) is 8.07 Å². The molecular weight excluding hydrogens is 352 g/mol. The maximum absolute atomic E-state index is 12.3. The molecule has 0 radical (unpaired) electrons. The van der Waals surface area contributed by atoms with Crippen LogP contribution in [0, 0.1) is 0 Å². The van der Waals surface area contributed by atoms with Crippen molar-refractivity contribution in [1.29, 1.82) is 0 Å². The molecule has 4 rings (SSSR count). The normalized spacial score (nSPS) is 21.1. The van der Waals surface area contributed by atoms with Crippen LogP contribution in [0.15, 0.2) is 46.6 Å². The lowest BCUT2D eigenvalue weighted by Gasteiger charge is -2.45. The molecule has 0 saturated carbocycles. The molecule has 1 aliphatic carbocycles. The Hall–Kier alpha value is -1.98. The van der Waals surface area contributed by atoms with Crippen molar-refractivity contribution in [2.75, 3.05) is 31.2 Å². The van der Waals surface area contributed by atoms with Crippen LogP contribution in [-0.2, 0) is 9.53 Å². The standard InChI is InChI=1S/C22H28N2O2Si/c1-15(2)27(16(3)4)21-13-17(24-9-11-26-12-10-24)5-7-19(21)23-20-8-6-18(25)14-22(20)27/h5-8,13-16H,9-12H2,1-4H3. The molecule has 0 aromatic heterocycles. The molecule has 0 atom stereocenters. The molecule has 2 aliphatic heterocycles. The van der Waals surface area contributed by atoms with Gasteiger partial charge in [-0.15, -0.1) is 0 Å². The summed E-state index contributed by atoms with van der Waals surface area (Å²) in [5, 5.41) is 2.60. The number of nitrogens with zero attached hydrogens (tertiary/aromatic N) is 2. The van der Waals surface area contributed by atoms with Gasteiger partial charge in [0, 0.05) is 18.8 Å². The third-order valence-electron chi connectivity index (χ3n) is 6.28. The summed E-state index contributed by atoms with van der Waals surface area (Å²) in [6.07, 6.45) is 5.44. The van der Waals surface area contributed by atoms with Gasteiger partial charge in [-0.2, -0.15) is 0 Å². The number of carbonyl (C=O) groups excluding carboxylic acids is 1. The van der Waals surface area contributed by atoms with Crippen LogP contribution in [-0.4, -0.2) is 45.9 Å². The molecular formula is C22H28N2O2Si. The van der Waals surface area contributed by atoms with E-state index in [1.807, 2.05) is 12.2 Å². The fourth-order valence-electron chi connectivity index (χ4n) is 5.10. The Labute approximate surface area is 162 Å². The first-order valence-corrected chi connectivity index (χ1v) is 12.1. The van der Waals surface area contributed by atoms with Gasteiger partial charge in [-0.1, -0.05) is 27.7 Å². The first-order valence-electron chi connectivity index (χ1n) is 9.95. The minimum Gasteiger partial charge on any atom is -0.378 e. The molecule has 0 spiro atoms. The second-order valence-electron chi connectivity index (χ2n) is 8.27. The SMILES string of the molecule is CC(C)[Si]1(C(C)C)C2=CC(=O)C=CC2=Nc2ccc(N3CCOCC3)cc21. The van der Waals surface area contributed by atoms with Crippen LogP contribution in [0.1, 0.15) is 27.7 Å². The minimum absolute atomic E-state index is 0.0925. The molecule has 27 heavy (non-hydrogen) atoms. The van der Waals surface area contributed by atoms with E-state index in [-0.39, 0.29) is 5.78 Å². The van der Waals surface area contributed by atoms with Gasteiger partial charge in [0.25, 0.3) is 0 Å². The highest BCUT2D eigenvalue weighted by atomic mass is 28.3. The zero-order valence-electron chi connectivity index (χ0n) is 16.7. The van der Waals surface area contributed by atoms with E-state index in [1.165, 1.54) is 16.1 Å². The zero-order chi connectivity index (χ0) is 19.2. The summed E-state index contributed by atoms with van der Waals surface area (Å²) in [7, 11) is -2.16. The predicted octanol–water partition coefficient (Wildman–Crippen LogP) is 3.69. The van der Waals surface area contributed by atoms with Crippen molar-refractivity contribution in [3.63, 3.8) is 0 Å². The second-order valence-corrected chi connectivity index (χ2v) is 13.4. The Morgan fingerprint density at radius 1 is 1.07 bits per heavy atom. The average Bonchev–Trinajstić information content (AvgIpc) is 2.66. The molecule has 142 valence electrons. The lowest BCUT2D eigenvalue weighted by atomic mass is 10.1. The van der Waals surface area contributed by atoms with Crippen molar-refractivity contribution in [3.8, 4) is 0 Å². The Morgan fingerprint density at radius 2 is 1.78 bits per heavy atom.